The third-order valence-electron chi connectivity index (χ3n) is 8.27. The average molecular weight is 520 g/mol. The van der Waals surface area contributed by atoms with Gasteiger partial charge in [0, 0.05) is 37.8 Å². The van der Waals surface area contributed by atoms with Crippen LogP contribution in [-0.4, -0.2) is 85.0 Å². The molecule has 202 valence electrons. The number of hydrogen-bond acceptors (Lipinski definition) is 7. The topological polar surface area (TPSA) is 109 Å². The molecule has 10 nitrogen and oxygen atoms in total. The van der Waals surface area contributed by atoms with Gasteiger partial charge in [-0.05, 0) is 75.9 Å². The zero-order valence-corrected chi connectivity index (χ0v) is 21.9. The third-order valence-corrected chi connectivity index (χ3v) is 8.27. The maximum Gasteiger partial charge on any atom is 0.264 e. The number of aromatic nitrogens is 4. The summed E-state index contributed by atoms with van der Waals surface area (Å²) in [6.45, 7) is 5.56. The van der Waals surface area contributed by atoms with E-state index in [1.807, 2.05) is 29.2 Å². The molecule has 38 heavy (non-hydrogen) atoms. The molecule has 1 amide bonds. The van der Waals surface area contributed by atoms with Gasteiger partial charge in [-0.25, -0.2) is 9.67 Å². The summed E-state index contributed by atoms with van der Waals surface area (Å²) >= 11 is 0. The van der Waals surface area contributed by atoms with E-state index in [1.54, 1.807) is 10.9 Å². The summed E-state index contributed by atoms with van der Waals surface area (Å²) in [5, 5.41) is 19.5. The maximum absolute atomic E-state index is 13.2. The molecule has 3 aliphatic rings. The van der Waals surface area contributed by atoms with Gasteiger partial charge in [-0.3, -0.25) is 14.2 Å². The number of piperidine rings is 2. The van der Waals surface area contributed by atoms with Gasteiger partial charge in [0.1, 0.15) is 11.7 Å². The number of hydrogen-bond donors (Lipinski definition) is 2. The Morgan fingerprint density at radius 3 is 2.50 bits per heavy atom. The fourth-order valence-corrected chi connectivity index (χ4v) is 5.72. The molecule has 10 heteroatoms. The predicted molar refractivity (Wildman–Crippen MR) is 145 cm³/mol. The zero-order chi connectivity index (χ0) is 26.1. The number of likely N-dealkylation sites (tertiary alicyclic amines) is 2. The Morgan fingerprint density at radius 2 is 1.79 bits per heavy atom. The van der Waals surface area contributed by atoms with Gasteiger partial charge in [0.2, 0.25) is 5.91 Å². The van der Waals surface area contributed by atoms with Crippen molar-refractivity contribution >= 4 is 22.6 Å². The van der Waals surface area contributed by atoms with Gasteiger partial charge in [0.15, 0.2) is 5.65 Å². The average Bonchev–Trinajstić information content (AvgIpc) is 3.70. The van der Waals surface area contributed by atoms with Crippen LogP contribution < -0.4 is 10.9 Å². The lowest BCUT2D eigenvalue weighted by atomic mass is 9.91. The van der Waals surface area contributed by atoms with E-state index in [0.717, 1.165) is 37.3 Å². The quantitative estimate of drug-likeness (QED) is 0.470. The van der Waals surface area contributed by atoms with Crippen LogP contribution in [0.25, 0.3) is 16.7 Å². The molecular weight excluding hydrogens is 482 g/mol. The monoisotopic (exact) mass is 519 g/mol. The summed E-state index contributed by atoms with van der Waals surface area (Å²) in [4.78, 5) is 34.5. The maximum atomic E-state index is 13.2. The van der Waals surface area contributed by atoms with E-state index in [9.17, 15) is 14.7 Å². The minimum Gasteiger partial charge on any atom is -0.388 e. The Kier molecular flexibility index (Phi) is 6.92. The molecule has 1 aromatic carbocycles. The zero-order valence-electron chi connectivity index (χ0n) is 21.9. The van der Waals surface area contributed by atoms with E-state index < -0.39 is 5.60 Å². The Balaban J connectivity index is 1.10. The van der Waals surface area contributed by atoms with Crippen molar-refractivity contribution in [2.45, 2.75) is 57.1 Å². The normalized spacial score (nSPS) is 20.1. The first-order valence-corrected chi connectivity index (χ1v) is 14.0. The first-order chi connectivity index (χ1) is 18.5. The third kappa shape index (κ3) is 5.33. The van der Waals surface area contributed by atoms with Crippen molar-refractivity contribution in [3.63, 3.8) is 0 Å². The number of rotatable bonds is 8. The van der Waals surface area contributed by atoms with E-state index in [-0.39, 0.29) is 23.9 Å². The number of amides is 1. The fourth-order valence-electron chi connectivity index (χ4n) is 5.72. The Labute approximate surface area is 222 Å². The van der Waals surface area contributed by atoms with Gasteiger partial charge in [-0.1, -0.05) is 6.42 Å². The second-order valence-electron chi connectivity index (χ2n) is 11.2. The number of carbonyl (C=O) groups is 1. The van der Waals surface area contributed by atoms with Crippen LogP contribution in [0.3, 0.4) is 0 Å². The highest BCUT2D eigenvalue weighted by Crippen LogP contribution is 2.33. The molecule has 3 aromatic rings. The summed E-state index contributed by atoms with van der Waals surface area (Å²) < 4.78 is 3.15. The molecule has 4 heterocycles. The van der Waals surface area contributed by atoms with Crippen LogP contribution >= 0.6 is 0 Å². The van der Waals surface area contributed by atoms with Gasteiger partial charge in [0.05, 0.1) is 24.0 Å². The van der Waals surface area contributed by atoms with Crippen LogP contribution in [-0.2, 0) is 11.3 Å². The van der Waals surface area contributed by atoms with Gasteiger partial charge in [-0.15, -0.1) is 0 Å². The summed E-state index contributed by atoms with van der Waals surface area (Å²) in [6.07, 6.45) is 9.86. The molecule has 0 radical (unpaired) electrons. The number of fused-ring (bicyclic) bond motifs is 1. The van der Waals surface area contributed by atoms with Crippen molar-refractivity contribution in [3.8, 4) is 5.69 Å². The Bertz CT molecular complexity index is 1330. The highest BCUT2D eigenvalue weighted by Gasteiger charge is 2.39. The van der Waals surface area contributed by atoms with Gasteiger partial charge in [0.25, 0.3) is 5.56 Å². The summed E-state index contributed by atoms with van der Waals surface area (Å²) in [5.74, 6) is 0.393. The molecule has 2 N–H and O–H groups in total. The van der Waals surface area contributed by atoms with Crippen LogP contribution in [0.1, 0.15) is 44.9 Å². The number of aliphatic hydroxyl groups is 1. The molecule has 2 aliphatic heterocycles. The summed E-state index contributed by atoms with van der Waals surface area (Å²) in [7, 11) is 0. The number of anilines is 1. The summed E-state index contributed by atoms with van der Waals surface area (Å²) in [5.41, 5.74) is 1.12. The van der Waals surface area contributed by atoms with Crippen molar-refractivity contribution in [1.82, 2.24) is 29.1 Å². The predicted octanol–water partition coefficient (Wildman–Crippen LogP) is 2.24. The lowest BCUT2D eigenvalue weighted by Gasteiger charge is -2.38. The first-order valence-electron chi connectivity index (χ1n) is 14.0. The second-order valence-corrected chi connectivity index (χ2v) is 11.2. The molecular formula is C28H37N7O3. The number of nitrogens with one attached hydrogen (secondary N) is 1. The lowest BCUT2D eigenvalue weighted by molar-refractivity contribution is -0.137. The van der Waals surface area contributed by atoms with E-state index in [4.69, 9.17) is 0 Å². The van der Waals surface area contributed by atoms with Crippen molar-refractivity contribution in [2.75, 3.05) is 44.6 Å². The van der Waals surface area contributed by atoms with E-state index in [1.165, 1.54) is 43.2 Å². The van der Waals surface area contributed by atoms with E-state index >= 15 is 0 Å². The molecule has 2 aromatic heterocycles. The largest absolute Gasteiger partial charge is 0.388 e. The molecule has 0 spiro atoms. The van der Waals surface area contributed by atoms with Crippen LogP contribution in [0.15, 0.2) is 41.6 Å². The standard InChI is InChI=1S/C28H37N7O3/c36-26(21-4-5-21)33-15-10-28(38,11-16-33)19-34-20-30-25-24(27(34)37)18-31-35(25)23-8-6-22(7-9-23)29-12-17-32-13-2-1-3-14-32/h6-9,18,20-21,29,38H,1-5,10-17,19H2. The number of benzene rings is 1. The molecule has 0 unspecified atom stereocenters. The van der Waals surface area contributed by atoms with Crippen LogP contribution in [0, 0.1) is 5.92 Å². The van der Waals surface area contributed by atoms with Crippen molar-refractivity contribution < 1.29 is 9.90 Å². The van der Waals surface area contributed by atoms with Crippen molar-refractivity contribution in [2.24, 2.45) is 5.92 Å². The molecule has 6 rings (SSSR count). The Hall–Kier alpha value is -3.24. The van der Waals surface area contributed by atoms with E-state index in [2.05, 4.69) is 20.3 Å². The SMILES string of the molecule is O=C(C1CC1)N1CCC(O)(Cn2cnc3c(cnn3-c3ccc(NCCN4CCCCC4)cc3)c2=O)CC1. The van der Waals surface area contributed by atoms with Crippen LogP contribution in [0.4, 0.5) is 5.69 Å². The van der Waals surface area contributed by atoms with Gasteiger partial charge >= 0.3 is 0 Å². The first kappa shape index (κ1) is 25.1. The number of nitrogens with zero attached hydrogens (tertiary/aromatic N) is 6. The van der Waals surface area contributed by atoms with E-state index in [0.29, 0.717) is 37.0 Å². The molecule has 3 fully saturated rings. The molecule has 1 aliphatic carbocycles. The molecule has 0 atom stereocenters. The van der Waals surface area contributed by atoms with Gasteiger partial charge in [-0.2, -0.15) is 5.10 Å². The second kappa shape index (κ2) is 10.5. The minimum absolute atomic E-state index is 0.156. The fraction of sp³-hybridized carbons (Fsp3) is 0.571. The smallest absolute Gasteiger partial charge is 0.264 e. The minimum atomic E-state index is -1.04. The van der Waals surface area contributed by atoms with Crippen LogP contribution in [0.5, 0.6) is 0 Å². The lowest BCUT2D eigenvalue weighted by Crippen LogP contribution is -2.50. The summed E-state index contributed by atoms with van der Waals surface area (Å²) in [6, 6.07) is 8.00. The molecule has 2 saturated heterocycles. The van der Waals surface area contributed by atoms with Gasteiger partial charge < -0.3 is 20.2 Å². The molecule has 1 saturated carbocycles. The van der Waals surface area contributed by atoms with Crippen molar-refractivity contribution in [3.05, 3.63) is 47.1 Å². The molecule has 0 bridgehead atoms. The number of carbonyl (C=O) groups excluding carboxylic acids is 1. The van der Waals surface area contributed by atoms with Crippen molar-refractivity contribution in [1.29, 1.82) is 0 Å². The Morgan fingerprint density at radius 1 is 1.05 bits per heavy atom. The highest BCUT2D eigenvalue weighted by atomic mass is 16.3. The van der Waals surface area contributed by atoms with Crippen LogP contribution in [0.2, 0.25) is 0 Å². The highest BCUT2D eigenvalue weighted by molar-refractivity contribution is 5.81.